The van der Waals surface area contributed by atoms with Gasteiger partial charge in [-0.15, -0.1) is 0 Å². The van der Waals surface area contributed by atoms with Crippen molar-refractivity contribution >= 4 is 17.3 Å². The molecule has 1 aliphatic rings. The molecule has 1 heterocycles. The monoisotopic (exact) mass is 426 g/mol. The Labute approximate surface area is 192 Å². The van der Waals surface area contributed by atoms with Gasteiger partial charge in [-0.2, -0.15) is 0 Å². The number of hydrogen-bond donors (Lipinski definition) is 1. The number of benzene rings is 3. The van der Waals surface area contributed by atoms with Crippen LogP contribution in [0.1, 0.15) is 68.6 Å². The summed E-state index contributed by atoms with van der Waals surface area (Å²) in [7, 11) is 0. The van der Waals surface area contributed by atoms with Crippen molar-refractivity contribution in [2.24, 2.45) is 5.92 Å². The first-order valence-corrected chi connectivity index (χ1v) is 11.7. The molecule has 1 N–H and O–H groups in total. The minimum absolute atomic E-state index is 0.0656. The summed E-state index contributed by atoms with van der Waals surface area (Å²) < 4.78 is 0. The molecule has 0 radical (unpaired) electrons. The van der Waals surface area contributed by atoms with Crippen molar-refractivity contribution in [1.82, 2.24) is 0 Å². The highest BCUT2D eigenvalue weighted by Crippen LogP contribution is 2.44. The van der Waals surface area contributed by atoms with E-state index < -0.39 is 0 Å². The third-order valence-corrected chi connectivity index (χ3v) is 6.73. The lowest BCUT2D eigenvalue weighted by Gasteiger charge is -2.45. The van der Waals surface area contributed by atoms with Crippen molar-refractivity contribution in [2.45, 2.75) is 58.5 Å². The van der Waals surface area contributed by atoms with Crippen LogP contribution in [0.25, 0.3) is 0 Å². The summed E-state index contributed by atoms with van der Waals surface area (Å²) >= 11 is 0. The number of nitrogens with one attached hydrogen (secondary N) is 1. The van der Waals surface area contributed by atoms with Gasteiger partial charge in [0.2, 0.25) is 0 Å². The average Bonchev–Trinajstić information content (AvgIpc) is 2.80. The largest absolute Gasteiger partial charge is 0.378 e. The van der Waals surface area contributed by atoms with Crippen LogP contribution in [-0.2, 0) is 5.41 Å². The maximum absolute atomic E-state index is 13.8. The van der Waals surface area contributed by atoms with E-state index in [9.17, 15) is 4.79 Å². The SMILES string of the molecule is CC[C@H]1[C@H](C)[C@@H](Nc2ccccc2)c2ccccc2N1C(=O)c1ccc(C(C)(C)C)cc1. The number of nitrogens with zero attached hydrogens (tertiary/aromatic N) is 1. The fourth-order valence-corrected chi connectivity index (χ4v) is 4.88. The number of rotatable bonds is 4. The second-order valence-electron chi connectivity index (χ2n) is 9.88. The van der Waals surface area contributed by atoms with Gasteiger partial charge in [-0.05, 0) is 53.3 Å². The molecule has 3 aromatic carbocycles. The molecule has 0 saturated heterocycles. The fraction of sp³-hybridized carbons (Fsp3) is 0.345. The smallest absolute Gasteiger partial charge is 0.258 e. The summed E-state index contributed by atoms with van der Waals surface area (Å²) in [5.74, 6) is 0.336. The van der Waals surface area contributed by atoms with Gasteiger partial charge < -0.3 is 10.2 Å². The van der Waals surface area contributed by atoms with Crippen LogP contribution >= 0.6 is 0 Å². The van der Waals surface area contributed by atoms with Crippen molar-refractivity contribution < 1.29 is 4.79 Å². The maximum atomic E-state index is 13.8. The normalized spacial score (nSPS) is 20.5. The van der Waals surface area contributed by atoms with Gasteiger partial charge in [0.15, 0.2) is 0 Å². The van der Waals surface area contributed by atoms with Gasteiger partial charge >= 0.3 is 0 Å². The molecule has 166 valence electrons. The zero-order chi connectivity index (χ0) is 22.9. The van der Waals surface area contributed by atoms with E-state index in [1.807, 2.05) is 29.2 Å². The van der Waals surface area contributed by atoms with Gasteiger partial charge in [-0.25, -0.2) is 0 Å². The highest BCUT2D eigenvalue weighted by atomic mass is 16.2. The van der Waals surface area contributed by atoms with Crippen LogP contribution in [0.3, 0.4) is 0 Å². The Balaban J connectivity index is 1.73. The van der Waals surface area contributed by atoms with E-state index in [-0.39, 0.29) is 29.3 Å². The first-order chi connectivity index (χ1) is 15.3. The number of carbonyl (C=O) groups is 1. The lowest BCUT2D eigenvalue weighted by atomic mass is 9.80. The molecule has 0 spiro atoms. The van der Waals surface area contributed by atoms with Crippen LogP contribution in [0.5, 0.6) is 0 Å². The highest BCUT2D eigenvalue weighted by molar-refractivity contribution is 6.07. The van der Waals surface area contributed by atoms with E-state index >= 15 is 0 Å². The van der Waals surface area contributed by atoms with E-state index in [2.05, 4.69) is 94.5 Å². The molecule has 4 rings (SSSR count). The molecule has 3 nitrogen and oxygen atoms in total. The number of anilines is 2. The molecule has 0 aliphatic carbocycles. The lowest BCUT2D eigenvalue weighted by molar-refractivity contribution is 0.0960. The van der Waals surface area contributed by atoms with Crippen molar-refractivity contribution in [3.63, 3.8) is 0 Å². The minimum atomic E-state index is 0.0656. The summed E-state index contributed by atoms with van der Waals surface area (Å²) in [6.45, 7) is 11.0. The standard InChI is InChI=1S/C29H34N2O/c1-6-25-20(2)27(30-23-12-8-7-9-13-23)24-14-10-11-15-26(24)31(25)28(32)21-16-18-22(19-17-21)29(3,4)5/h7-20,25,27,30H,6H2,1-5H3/t20-,25-,27+/m0/s1. The Kier molecular flexibility index (Phi) is 6.10. The van der Waals surface area contributed by atoms with E-state index in [1.165, 1.54) is 11.1 Å². The molecule has 3 atom stereocenters. The van der Waals surface area contributed by atoms with Crippen LogP contribution in [0.2, 0.25) is 0 Å². The number of para-hydroxylation sites is 2. The van der Waals surface area contributed by atoms with Gasteiger partial charge in [-0.1, -0.05) is 83.1 Å². The van der Waals surface area contributed by atoms with Crippen LogP contribution < -0.4 is 10.2 Å². The average molecular weight is 427 g/mol. The summed E-state index contributed by atoms with van der Waals surface area (Å²) in [6, 6.07) is 27.1. The van der Waals surface area contributed by atoms with Gasteiger partial charge in [0.25, 0.3) is 5.91 Å². The van der Waals surface area contributed by atoms with Crippen LogP contribution in [0, 0.1) is 5.92 Å². The minimum Gasteiger partial charge on any atom is -0.378 e. The van der Waals surface area contributed by atoms with E-state index in [0.29, 0.717) is 0 Å². The summed E-state index contributed by atoms with van der Waals surface area (Å²) in [5, 5.41) is 3.74. The van der Waals surface area contributed by atoms with Crippen LogP contribution in [0.4, 0.5) is 11.4 Å². The Morgan fingerprint density at radius 1 is 0.906 bits per heavy atom. The first kappa shape index (κ1) is 22.1. The Morgan fingerprint density at radius 3 is 2.16 bits per heavy atom. The predicted molar refractivity (Wildman–Crippen MR) is 134 cm³/mol. The Bertz CT molecular complexity index is 1070. The molecule has 1 amide bonds. The van der Waals surface area contributed by atoms with Crippen molar-refractivity contribution in [2.75, 3.05) is 10.2 Å². The van der Waals surface area contributed by atoms with E-state index in [4.69, 9.17) is 0 Å². The fourth-order valence-electron chi connectivity index (χ4n) is 4.88. The summed E-state index contributed by atoms with van der Waals surface area (Å²) in [4.78, 5) is 15.8. The second kappa shape index (κ2) is 8.82. The zero-order valence-corrected chi connectivity index (χ0v) is 19.8. The van der Waals surface area contributed by atoms with E-state index in [1.54, 1.807) is 0 Å². The molecule has 0 bridgehead atoms. The van der Waals surface area contributed by atoms with Gasteiger partial charge in [0, 0.05) is 28.9 Å². The number of fused-ring (bicyclic) bond motifs is 1. The molecular formula is C29H34N2O. The molecule has 32 heavy (non-hydrogen) atoms. The van der Waals surface area contributed by atoms with Gasteiger partial charge in [0.1, 0.15) is 0 Å². The Morgan fingerprint density at radius 2 is 1.53 bits per heavy atom. The van der Waals surface area contributed by atoms with Crippen LogP contribution in [-0.4, -0.2) is 11.9 Å². The molecule has 3 heteroatoms. The number of hydrogen-bond acceptors (Lipinski definition) is 2. The first-order valence-electron chi connectivity index (χ1n) is 11.7. The third-order valence-electron chi connectivity index (χ3n) is 6.73. The molecule has 0 saturated carbocycles. The van der Waals surface area contributed by atoms with Crippen LogP contribution in [0.15, 0.2) is 78.9 Å². The number of amides is 1. The van der Waals surface area contributed by atoms with Crippen molar-refractivity contribution in [1.29, 1.82) is 0 Å². The quantitative estimate of drug-likeness (QED) is 0.478. The van der Waals surface area contributed by atoms with Crippen molar-refractivity contribution in [3.8, 4) is 0 Å². The molecular weight excluding hydrogens is 392 g/mol. The zero-order valence-electron chi connectivity index (χ0n) is 19.8. The van der Waals surface area contributed by atoms with Crippen molar-refractivity contribution in [3.05, 3.63) is 95.6 Å². The maximum Gasteiger partial charge on any atom is 0.258 e. The molecule has 3 aromatic rings. The molecule has 0 fully saturated rings. The number of carbonyl (C=O) groups excluding carboxylic acids is 1. The summed E-state index contributed by atoms with van der Waals surface area (Å²) in [6.07, 6.45) is 0.897. The van der Waals surface area contributed by atoms with E-state index in [0.717, 1.165) is 23.4 Å². The lowest BCUT2D eigenvalue weighted by Crippen LogP contribution is -2.50. The molecule has 0 unspecified atom stereocenters. The second-order valence-corrected chi connectivity index (χ2v) is 9.88. The molecule has 0 aromatic heterocycles. The Hall–Kier alpha value is -3.07. The van der Waals surface area contributed by atoms with Gasteiger partial charge in [0.05, 0.1) is 6.04 Å². The van der Waals surface area contributed by atoms with Gasteiger partial charge in [-0.3, -0.25) is 4.79 Å². The predicted octanol–water partition coefficient (Wildman–Crippen LogP) is 7.21. The summed E-state index contributed by atoms with van der Waals surface area (Å²) in [5.41, 5.74) is 5.33. The highest BCUT2D eigenvalue weighted by Gasteiger charge is 2.40. The topological polar surface area (TPSA) is 32.3 Å². The third kappa shape index (κ3) is 4.17. The molecule has 1 aliphatic heterocycles.